The molecule has 104 valence electrons. The van der Waals surface area contributed by atoms with Crippen molar-refractivity contribution < 1.29 is 24.2 Å². The van der Waals surface area contributed by atoms with Gasteiger partial charge in [-0.05, 0) is 6.92 Å². The number of carboxylic acids is 1. The van der Waals surface area contributed by atoms with E-state index in [0.29, 0.717) is 5.69 Å². The van der Waals surface area contributed by atoms with E-state index in [0.717, 1.165) is 0 Å². The molecule has 0 spiro atoms. The van der Waals surface area contributed by atoms with Crippen molar-refractivity contribution in [2.45, 2.75) is 13.0 Å². The first-order valence-electron chi connectivity index (χ1n) is 5.40. The van der Waals surface area contributed by atoms with Crippen molar-refractivity contribution in [2.24, 2.45) is 0 Å². The third kappa shape index (κ3) is 4.18. The number of nitrogens with zero attached hydrogens (tertiary/aromatic N) is 2. The summed E-state index contributed by atoms with van der Waals surface area (Å²) in [7, 11) is 2.61. The first-order valence-corrected chi connectivity index (χ1v) is 5.40. The topological polar surface area (TPSA) is 111 Å². The number of ether oxygens (including phenoxy) is 2. The molecule has 19 heavy (non-hydrogen) atoms. The molecule has 0 fully saturated rings. The van der Waals surface area contributed by atoms with E-state index in [1.165, 1.54) is 20.3 Å². The molecule has 1 heterocycles. The third-order valence-electron chi connectivity index (χ3n) is 2.18. The summed E-state index contributed by atoms with van der Waals surface area (Å²) in [5, 5.41) is 11.6. The second kappa shape index (κ2) is 6.64. The molecule has 0 radical (unpaired) electrons. The Labute approximate surface area is 109 Å². The largest absolute Gasteiger partial charge is 0.480 e. The van der Waals surface area contributed by atoms with Gasteiger partial charge in [0.1, 0.15) is 11.9 Å². The van der Waals surface area contributed by atoms with E-state index in [1.54, 1.807) is 6.92 Å². The number of aromatic nitrogens is 2. The first-order chi connectivity index (χ1) is 8.97. The fourth-order valence-electron chi connectivity index (χ4n) is 1.34. The Morgan fingerprint density at radius 3 is 2.63 bits per heavy atom. The van der Waals surface area contributed by atoms with Crippen LogP contribution in [0.5, 0.6) is 0 Å². The number of carboxylic acid groups (broad SMARTS) is 1. The molecule has 0 aliphatic rings. The summed E-state index contributed by atoms with van der Waals surface area (Å²) in [4.78, 5) is 30.1. The number of methoxy groups -OCH3 is 2. The Bertz CT molecular complexity index is 477. The van der Waals surface area contributed by atoms with Crippen LogP contribution in [-0.4, -0.2) is 53.9 Å². The quantitative estimate of drug-likeness (QED) is 0.699. The highest BCUT2D eigenvalue weighted by molar-refractivity contribution is 5.85. The van der Waals surface area contributed by atoms with Gasteiger partial charge in [0.25, 0.3) is 0 Å². The maximum absolute atomic E-state index is 11.3. The molecule has 0 aliphatic carbocycles. The smallest absolute Gasteiger partial charge is 0.376 e. The van der Waals surface area contributed by atoms with Crippen LogP contribution in [0.2, 0.25) is 0 Å². The molecule has 0 aliphatic heterocycles. The molecule has 1 atom stereocenters. The van der Waals surface area contributed by atoms with Gasteiger partial charge in [0.05, 0.1) is 13.7 Å². The van der Waals surface area contributed by atoms with Gasteiger partial charge >= 0.3 is 11.9 Å². The lowest BCUT2D eigenvalue weighted by molar-refractivity contribution is -0.139. The number of aliphatic carboxylic acids is 1. The predicted octanol–water partition coefficient (Wildman–Crippen LogP) is 0.0831. The maximum Gasteiger partial charge on any atom is 0.376 e. The number of aryl methyl sites for hydroxylation is 1. The Kier molecular flexibility index (Phi) is 5.19. The Morgan fingerprint density at radius 2 is 2.11 bits per heavy atom. The van der Waals surface area contributed by atoms with Crippen molar-refractivity contribution in [3.05, 3.63) is 17.6 Å². The number of hydrogen-bond acceptors (Lipinski definition) is 7. The average Bonchev–Trinajstić information content (AvgIpc) is 2.36. The summed E-state index contributed by atoms with van der Waals surface area (Å²) in [5.74, 6) is -1.69. The van der Waals surface area contributed by atoms with Gasteiger partial charge in [0, 0.05) is 18.9 Å². The zero-order chi connectivity index (χ0) is 14.4. The van der Waals surface area contributed by atoms with E-state index in [2.05, 4.69) is 20.0 Å². The Morgan fingerprint density at radius 1 is 1.42 bits per heavy atom. The Balaban J connectivity index is 2.96. The summed E-state index contributed by atoms with van der Waals surface area (Å²) < 4.78 is 9.30. The molecule has 0 amide bonds. The lowest BCUT2D eigenvalue weighted by Gasteiger charge is -2.14. The summed E-state index contributed by atoms with van der Waals surface area (Å²) in [6, 6.07) is 0.558. The van der Waals surface area contributed by atoms with Crippen LogP contribution in [-0.2, 0) is 14.3 Å². The summed E-state index contributed by atoms with van der Waals surface area (Å²) in [5.41, 5.74) is 0.513. The van der Waals surface area contributed by atoms with Crippen molar-refractivity contribution in [3.63, 3.8) is 0 Å². The molecule has 0 saturated carbocycles. The zero-order valence-corrected chi connectivity index (χ0v) is 10.8. The maximum atomic E-state index is 11.3. The normalized spacial score (nSPS) is 11.7. The van der Waals surface area contributed by atoms with Gasteiger partial charge in [-0.2, -0.15) is 0 Å². The van der Waals surface area contributed by atoms with E-state index in [9.17, 15) is 9.59 Å². The summed E-state index contributed by atoms with van der Waals surface area (Å²) in [6.45, 7) is 1.62. The number of carbonyl (C=O) groups excluding carboxylic acids is 1. The predicted molar refractivity (Wildman–Crippen MR) is 65.0 cm³/mol. The number of nitrogens with one attached hydrogen (secondary N) is 1. The molecule has 0 aromatic carbocycles. The average molecular weight is 269 g/mol. The lowest BCUT2D eigenvalue weighted by atomic mass is 10.3. The van der Waals surface area contributed by atoms with Gasteiger partial charge in [-0.25, -0.2) is 19.6 Å². The zero-order valence-electron chi connectivity index (χ0n) is 10.8. The lowest BCUT2D eigenvalue weighted by Crippen LogP contribution is -2.34. The molecule has 1 unspecified atom stereocenters. The number of anilines is 1. The van der Waals surface area contributed by atoms with Gasteiger partial charge in [-0.1, -0.05) is 0 Å². The molecular weight excluding hydrogens is 254 g/mol. The molecule has 1 aromatic rings. The summed E-state index contributed by atoms with van der Waals surface area (Å²) >= 11 is 0. The third-order valence-corrected chi connectivity index (χ3v) is 2.18. The first kappa shape index (κ1) is 14.8. The van der Waals surface area contributed by atoms with Gasteiger partial charge in [-0.15, -0.1) is 0 Å². The van der Waals surface area contributed by atoms with Crippen LogP contribution in [0, 0.1) is 6.92 Å². The molecule has 8 heteroatoms. The van der Waals surface area contributed by atoms with Crippen molar-refractivity contribution in [1.29, 1.82) is 0 Å². The highest BCUT2D eigenvalue weighted by atomic mass is 16.5. The molecule has 0 saturated heterocycles. The Hall–Kier alpha value is -2.22. The van der Waals surface area contributed by atoms with E-state index in [1.807, 2.05) is 0 Å². The van der Waals surface area contributed by atoms with Crippen LogP contribution in [0.4, 0.5) is 5.82 Å². The minimum Gasteiger partial charge on any atom is -0.480 e. The molecule has 1 aromatic heterocycles. The SMILES string of the molecule is COCC(Nc1cc(C)nc(C(=O)OC)n1)C(=O)O. The van der Waals surface area contributed by atoms with Crippen LogP contribution in [0.1, 0.15) is 16.3 Å². The van der Waals surface area contributed by atoms with Gasteiger partial charge in [0.2, 0.25) is 5.82 Å². The molecule has 2 N–H and O–H groups in total. The van der Waals surface area contributed by atoms with Crippen LogP contribution < -0.4 is 5.32 Å². The monoisotopic (exact) mass is 269 g/mol. The molecular formula is C11H15N3O5. The molecule has 1 rings (SSSR count). The minimum atomic E-state index is -1.09. The van der Waals surface area contributed by atoms with Crippen molar-refractivity contribution in [1.82, 2.24) is 9.97 Å². The van der Waals surface area contributed by atoms with Gasteiger partial charge in [0.15, 0.2) is 0 Å². The van der Waals surface area contributed by atoms with Crippen molar-refractivity contribution in [3.8, 4) is 0 Å². The van der Waals surface area contributed by atoms with Crippen LogP contribution in [0.3, 0.4) is 0 Å². The van der Waals surface area contributed by atoms with Crippen LogP contribution in [0.15, 0.2) is 6.07 Å². The van der Waals surface area contributed by atoms with Gasteiger partial charge in [-0.3, -0.25) is 0 Å². The minimum absolute atomic E-state index is 0.0358. The second-order valence-corrected chi connectivity index (χ2v) is 3.70. The number of hydrogen-bond donors (Lipinski definition) is 2. The fraction of sp³-hybridized carbons (Fsp3) is 0.455. The molecule has 0 bridgehead atoms. The fourth-order valence-corrected chi connectivity index (χ4v) is 1.34. The number of rotatable bonds is 6. The van der Waals surface area contributed by atoms with E-state index >= 15 is 0 Å². The van der Waals surface area contributed by atoms with Crippen molar-refractivity contribution in [2.75, 3.05) is 26.1 Å². The number of carbonyl (C=O) groups is 2. The second-order valence-electron chi connectivity index (χ2n) is 3.70. The van der Waals surface area contributed by atoms with E-state index < -0.39 is 18.0 Å². The van der Waals surface area contributed by atoms with E-state index in [-0.39, 0.29) is 18.2 Å². The summed E-state index contributed by atoms with van der Waals surface area (Å²) in [6.07, 6.45) is 0. The van der Waals surface area contributed by atoms with E-state index in [4.69, 9.17) is 9.84 Å². The standard InChI is InChI=1S/C11H15N3O5/c1-6-4-8(13-7(5-18-2)10(15)16)14-9(12-6)11(17)19-3/h4,7H,5H2,1-3H3,(H,15,16)(H,12,13,14). The van der Waals surface area contributed by atoms with Crippen LogP contribution in [0.25, 0.3) is 0 Å². The van der Waals surface area contributed by atoms with Crippen LogP contribution >= 0.6 is 0 Å². The number of esters is 1. The molecule has 8 nitrogen and oxygen atoms in total. The highest BCUT2D eigenvalue weighted by Crippen LogP contribution is 2.09. The highest BCUT2D eigenvalue weighted by Gasteiger charge is 2.19. The van der Waals surface area contributed by atoms with Crippen molar-refractivity contribution >= 4 is 17.8 Å². The van der Waals surface area contributed by atoms with Gasteiger partial charge < -0.3 is 19.9 Å².